The van der Waals surface area contributed by atoms with Crippen LogP contribution in [0.3, 0.4) is 0 Å². The molecule has 0 aromatic heterocycles. The summed E-state index contributed by atoms with van der Waals surface area (Å²) >= 11 is 0. The number of rotatable bonds is 42. The number of likely N-dealkylation sites (N-methyl/N-ethyl adjacent to an activating group) is 1. The number of phosphoric ester groups is 1. The average Bonchev–Trinajstić information content (AvgIpc) is 3.16. The summed E-state index contributed by atoms with van der Waals surface area (Å²) in [5, 5.41) is 0. The van der Waals surface area contributed by atoms with Gasteiger partial charge in [-0.05, 0) is 51.4 Å². The van der Waals surface area contributed by atoms with E-state index >= 15 is 0 Å². The summed E-state index contributed by atoms with van der Waals surface area (Å²) in [4.78, 5) is 37.6. The molecule has 334 valence electrons. The monoisotopic (exact) mass is 826 g/mol. The zero-order valence-corrected chi connectivity index (χ0v) is 38.4. The van der Waals surface area contributed by atoms with Gasteiger partial charge in [-0.1, -0.05) is 172 Å². The number of allylic oxidation sites excluding steroid dienone is 6. The highest BCUT2D eigenvalue weighted by atomic mass is 31.2. The van der Waals surface area contributed by atoms with Crippen LogP contribution in [0.15, 0.2) is 36.5 Å². The molecule has 0 heterocycles. The number of carbonyl (C=O) groups is 2. The molecule has 0 aromatic rings. The van der Waals surface area contributed by atoms with Crippen molar-refractivity contribution < 1.29 is 42.1 Å². The zero-order chi connectivity index (χ0) is 42.1. The molecule has 0 saturated heterocycles. The van der Waals surface area contributed by atoms with E-state index in [1.165, 1.54) is 109 Å². The molecular weight excluding hydrogens is 737 g/mol. The number of carbonyl (C=O) groups excluding carboxylic acids is 2. The van der Waals surface area contributed by atoms with Crippen LogP contribution in [0.25, 0.3) is 0 Å². The minimum atomic E-state index is -4.63. The molecule has 0 saturated carbocycles. The van der Waals surface area contributed by atoms with Crippen molar-refractivity contribution in [3.8, 4) is 0 Å². The van der Waals surface area contributed by atoms with E-state index in [9.17, 15) is 19.0 Å². The van der Waals surface area contributed by atoms with Crippen LogP contribution in [0.1, 0.15) is 200 Å². The van der Waals surface area contributed by atoms with Gasteiger partial charge in [0.05, 0.1) is 27.7 Å². The predicted octanol–water partition coefficient (Wildman–Crippen LogP) is 12.7. The lowest BCUT2D eigenvalue weighted by molar-refractivity contribution is -0.870. The summed E-state index contributed by atoms with van der Waals surface area (Å²) in [7, 11) is 1.16. The minimum absolute atomic E-state index is 0.0338. The van der Waals surface area contributed by atoms with Crippen molar-refractivity contribution in [2.75, 3.05) is 47.5 Å². The van der Waals surface area contributed by atoms with Crippen molar-refractivity contribution in [2.24, 2.45) is 0 Å². The van der Waals surface area contributed by atoms with Crippen LogP contribution in [0.2, 0.25) is 0 Å². The zero-order valence-electron chi connectivity index (χ0n) is 37.5. The number of nitrogens with zero attached hydrogens (tertiary/aromatic N) is 1. The molecule has 57 heavy (non-hydrogen) atoms. The number of hydrogen-bond donors (Lipinski definition) is 0. The van der Waals surface area contributed by atoms with Crippen LogP contribution in [-0.4, -0.2) is 70.0 Å². The summed E-state index contributed by atoms with van der Waals surface area (Å²) in [5.41, 5.74) is 0. The summed E-state index contributed by atoms with van der Waals surface area (Å²) in [6.07, 6.45) is 44.5. The standard InChI is InChI=1S/C47H88NO8P/c1-6-8-10-12-14-16-18-20-22-24-26-27-29-31-33-35-37-39-46(49)53-43-45(44-55-57(51,52)54-42-41-48(3,4)5)56-47(50)40-38-36-34-32-30-28-25-23-21-19-17-15-13-11-9-7-2/h14,16,20,22,26-27,45H,6-13,15,17-19,21,23-25,28-44H2,1-5H3/b16-14+,22-20+,27-26+/t45-/m1/s1. The first-order chi connectivity index (χ1) is 27.5. The van der Waals surface area contributed by atoms with Gasteiger partial charge in [0.2, 0.25) is 0 Å². The second-order valence-corrected chi connectivity index (χ2v) is 18.2. The Balaban J connectivity index is 4.36. The van der Waals surface area contributed by atoms with Gasteiger partial charge in [0.15, 0.2) is 6.10 Å². The fourth-order valence-corrected chi connectivity index (χ4v) is 6.98. The maximum Gasteiger partial charge on any atom is 0.306 e. The van der Waals surface area contributed by atoms with E-state index < -0.39 is 32.5 Å². The first kappa shape index (κ1) is 55.2. The predicted molar refractivity (Wildman–Crippen MR) is 236 cm³/mol. The van der Waals surface area contributed by atoms with Crippen LogP contribution in [0.5, 0.6) is 0 Å². The Kier molecular flexibility index (Phi) is 38.4. The Labute approximate surface area is 351 Å². The first-order valence-electron chi connectivity index (χ1n) is 23.2. The van der Waals surface area contributed by atoms with Crippen molar-refractivity contribution in [2.45, 2.75) is 206 Å². The Bertz CT molecular complexity index is 1070. The summed E-state index contributed by atoms with van der Waals surface area (Å²) < 4.78 is 33.9. The molecule has 1 unspecified atom stereocenters. The fraction of sp³-hybridized carbons (Fsp3) is 0.830. The van der Waals surface area contributed by atoms with Crippen molar-refractivity contribution in [1.82, 2.24) is 0 Å². The van der Waals surface area contributed by atoms with Crippen LogP contribution in [-0.2, 0) is 32.7 Å². The van der Waals surface area contributed by atoms with E-state index in [0.717, 1.165) is 51.4 Å². The third-order valence-corrected chi connectivity index (χ3v) is 10.9. The van der Waals surface area contributed by atoms with E-state index in [1.807, 2.05) is 21.1 Å². The molecule has 0 fully saturated rings. The summed E-state index contributed by atoms with van der Waals surface area (Å²) in [6, 6.07) is 0. The van der Waals surface area contributed by atoms with Crippen molar-refractivity contribution in [3.63, 3.8) is 0 Å². The molecule has 0 spiro atoms. The Morgan fingerprint density at radius 1 is 0.544 bits per heavy atom. The smallest absolute Gasteiger partial charge is 0.306 e. The number of hydrogen-bond acceptors (Lipinski definition) is 8. The number of unbranched alkanes of at least 4 members (excludes halogenated alkanes) is 22. The fourth-order valence-electron chi connectivity index (χ4n) is 6.25. The van der Waals surface area contributed by atoms with E-state index in [2.05, 4.69) is 50.3 Å². The van der Waals surface area contributed by atoms with Gasteiger partial charge in [-0.15, -0.1) is 0 Å². The van der Waals surface area contributed by atoms with Crippen molar-refractivity contribution >= 4 is 19.8 Å². The van der Waals surface area contributed by atoms with E-state index in [4.69, 9.17) is 18.5 Å². The molecule has 0 amide bonds. The Morgan fingerprint density at radius 3 is 1.44 bits per heavy atom. The quantitative estimate of drug-likeness (QED) is 0.0197. The molecule has 0 radical (unpaired) electrons. The van der Waals surface area contributed by atoms with Crippen LogP contribution < -0.4 is 4.89 Å². The Hall–Kier alpha value is -1.77. The normalized spacial score (nSPS) is 13.9. The van der Waals surface area contributed by atoms with Crippen LogP contribution in [0, 0.1) is 0 Å². The first-order valence-corrected chi connectivity index (χ1v) is 24.7. The number of ether oxygens (including phenoxy) is 2. The summed E-state index contributed by atoms with van der Waals surface area (Å²) in [6.45, 7) is 4.19. The highest BCUT2D eigenvalue weighted by Crippen LogP contribution is 2.38. The van der Waals surface area contributed by atoms with Gasteiger partial charge in [-0.3, -0.25) is 14.2 Å². The molecular formula is C47H88NO8P. The van der Waals surface area contributed by atoms with Gasteiger partial charge in [-0.25, -0.2) is 0 Å². The third kappa shape index (κ3) is 43.6. The molecule has 0 aromatic carbocycles. The highest BCUT2D eigenvalue weighted by Gasteiger charge is 2.21. The molecule has 0 rings (SSSR count). The maximum atomic E-state index is 12.7. The molecule has 0 N–H and O–H groups in total. The second kappa shape index (κ2) is 39.7. The number of esters is 2. The van der Waals surface area contributed by atoms with Crippen LogP contribution >= 0.6 is 7.82 Å². The molecule has 2 atom stereocenters. The molecule has 10 heteroatoms. The van der Waals surface area contributed by atoms with Crippen LogP contribution in [0.4, 0.5) is 0 Å². The van der Waals surface area contributed by atoms with Gasteiger partial charge in [0, 0.05) is 12.8 Å². The van der Waals surface area contributed by atoms with E-state index in [0.29, 0.717) is 23.9 Å². The minimum Gasteiger partial charge on any atom is -0.756 e. The molecule has 0 aliphatic heterocycles. The maximum absolute atomic E-state index is 12.7. The largest absolute Gasteiger partial charge is 0.756 e. The summed E-state index contributed by atoms with van der Waals surface area (Å²) in [5.74, 6) is -0.854. The molecule has 0 aliphatic carbocycles. The number of quaternary nitrogens is 1. The third-order valence-electron chi connectivity index (χ3n) is 9.91. The lowest BCUT2D eigenvalue weighted by Gasteiger charge is -2.28. The lowest BCUT2D eigenvalue weighted by atomic mass is 10.0. The van der Waals surface area contributed by atoms with Gasteiger partial charge >= 0.3 is 11.9 Å². The SMILES string of the molecule is CCCCC/C=C/C/C=C/C/C=C/CCCCCCC(=O)OC[C@H](COP(=O)([O-])OCC[N+](C)(C)C)OC(=O)CCCCCCCCCCCCCCCCCC. The highest BCUT2D eigenvalue weighted by molar-refractivity contribution is 7.45. The van der Waals surface area contributed by atoms with Gasteiger partial charge in [-0.2, -0.15) is 0 Å². The average molecular weight is 826 g/mol. The van der Waals surface area contributed by atoms with Crippen molar-refractivity contribution in [1.29, 1.82) is 0 Å². The lowest BCUT2D eigenvalue weighted by Crippen LogP contribution is -2.37. The van der Waals surface area contributed by atoms with Gasteiger partial charge < -0.3 is 27.9 Å². The van der Waals surface area contributed by atoms with Crippen molar-refractivity contribution in [3.05, 3.63) is 36.5 Å². The molecule has 0 bridgehead atoms. The Morgan fingerprint density at radius 2 is 0.947 bits per heavy atom. The second-order valence-electron chi connectivity index (χ2n) is 16.8. The molecule has 9 nitrogen and oxygen atoms in total. The van der Waals surface area contributed by atoms with E-state index in [1.54, 1.807) is 0 Å². The van der Waals surface area contributed by atoms with Gasteiger partial charge in [0.1, 0.15) is 19.8 Å². The molecule has 0 aliphatic rings. The topological polar surface area (TPSA) is 111 Å². The van der Waals surface area contributed by atoms with E-state index in [-0.39, 0.29) is 26.1 Å². The van der Waals surface area contributed by atoms with Gasteiger partial charge in [0.25, 0.3) is 7.82 Å². The number of phosphoric acid groups is 1.